The van der Waals surface area contributed by atoms with Crippen LogP contribution in [0, 0.1) is 6.92 Å². The zero-order valence-electron chi connectivity index (χ0n) is 7.86. The highest BCUT2D eigenvalue weighted by molar-refractivity contribution is 9.10. The number of hydrogen-bond donors (Lipinski definition) is 0. The minimum absolute atomic E-state index is 0.612. The average Bonchev–Trinajstić information content (AvgIpc) is 2.81. The summed E-state index contributed by atoms with van der Waals surface area (Å²) in [5.74, 6) is 0. The van der Waals surface area contributed by atoms with Gasteiger partial charge in [-0.05, 0) is 43.0 Å². The predicted molar refractivity (Wildman–Crippen MR) is 55.8 cm³/mol. The summed E-state index contributed by atoms with van der Waals surface area (Å²) in [5, 5.41) is 0. The van der Waals surface area contributed by atoms with Crippen LogP contribution in [0.5, 0.6) is 0 Å². The Morgan fingerprint density at radius 2 is 1.93 bits per heavy atom. The highest BCUT2D eigenvalue weighted by Crippen LogP contribution is 2.53. The molecule has 3 heteroatoms. The van der Waals surface area contributed by atoms with Crippen LogP contribution in [0.15, 0.2) is 22.7 Å². The number of hydrogen-bond acceptors (Lipinski definition) is 0. The molecule has 1 aromatic rings. The summed E-state index contributed by atoms with van der Waals surface area (Å²) < 4.78 is 26.5. The molecular weight excluding hydrogens is 250 g/mol. The molecule has 0 bridgehead atoms. The van der Waals surface area contributed by atoms with Crippen molar-refractivity contribution in [3.8, 4) is 0 Å². The summed E-state index contributed by atoms with van der Waals surface area (Å²) in [6, 6.07) is 5.61. The molecule has 0 unspecified atom stereocenters. The maximum absolute atomic E-state index is 12.8. The van der Waals surface area contributed by atoms with Gasteiger partial charge in [-0.3, -0.25) is 0 Å². The monoisotopic (exact) mass is 260 g/mol. The number of aryl methyl sites for hydroxylation is 1. The van der Waals surface area contributed by atoms with E-state index >= 15 is 0 Å². The molecule has 1 fully saturated rings. The molecule has 1 aliphatic rings. The molecular formula is C11H11BrF2. The highest BCUT2D eigenvalue weighted by atomic mass is 79.9. The fourth-order valence-electron chi connectivity index (χ4n) is 1.79. The van der Waals surface area contributed by atoms with E-state index in [-0.39, 0.29) is 0 Å². The summed E-state index contributed by atoms with van der Waals surface area (Å²) in [7, 11) is 0. The fraction of sp³-hybridized carbons (Fsp3) is 0.455. The van der Waals surface area contributed by atoms with Gasteiger partial charge in [0.25, 0.3) is 0 Å². The van der Waals surface area contributed by atoms with Gasteiger partial charge in [0.2, 0.25) is 6.43 Å². The Morgan fingerprint density at radius 1 is 1.29 bits per heavy atom. The lowest BCUT2D eigenvalue weighted by atomic mass is 9.95. The van der Waals surface area contributed by atoms with E-state index in [9.17, 15) is 8.78 Å². The average molecular weight is 261 g/mol. The van der Waals surface area contributed by atoms with E-state index in [2.05, 4.69) is 15.9 Å². The van der Waals surface area contributed by atoms with E-state index in [1.807, 2.05) is 25.1 Å². The second-order valence-electron chi connectivity index (χ2n) is 3.97. The molecule has 76 valence electrons. The van der Waals surface area contributed by atoms with Crippen molar-refractivity contribution in [1.29, 1.82) is 0 Å². The van der Waals surface area contributed by atoms with Gasteiger partial charge in [-0.1, -0.05) is 22.0 Å². The predicted octanol–water partition coefficient (Wildman–Crippen LogP) is 4.05. The first kappa shape index (κ1) is 10.1. The van der Waals surface area contributed by atoms with Crippen LogP contribution < -0.4 is 0 Å². The lowest BCUT2D eigenvalue weighted by Gasteiger charge is -2.15. The van der Waals surface area contributed by atoms with Crippen LogP contribution in [0.1, 0.15) is 24.0 Å². The van der Waals surface area contributed by atoms with Crippen LogP contribution in [0.2, 0.25) is 0 Å². The van der Waals surface area contributed by atoms with Gasteiger partial charge in [-0.25, -0.2) is 8.78 Å². The molecule has 1 aliphatic carbocycles. The smallest absolute Gasteiger partial charge is 0.210 e. The molecule has 1 saturated carbocycles. The Kier molecular flexibility index (Phi) is 2.38. The van der Waals surface area contributed by atoms with Crippen molar-refractivity contribution in [2.75, 3.05) is 0 Å². The Bertz CT molecular complexity index is 336. The summed E-state index contributed by atoms with van der Waals surface area (Å²) in [6.45, 7) is 1.93. The van der Waals surface area contributed by atoms with Crippen molar-refractivity contribution in [2.24, 2.45) is 0 Å². The van der Waals surface area contributed by atoms with Crippen LogP contribution in [0.3, 0.4) is 0 Å². The van der Waals surface area contributed by atoms with Gasteiger partial charge in [-0.2, -0.15) is 0 Å². The van der Waals surface area contributed by atoms with E-state index in [1.165, 1.54) is 0 Å². The Hall–Kier alpha value is -0.440. The van der Waals surface area contributed by atoms with Crippen molar-refractivity contribution in [2.45, 2.75) is 31.6 Å². The van der Waals surface area contributed by atoms with Gasteiger partial charge in [0.05, 0.1) is 5.41 Å². The largest absolute Gasteiger partial charge is 0.248 e. The fourth-order valence-corrected chi connectivity index (χ4v) is 2.40. The van der Waals surface area contributed by atoms with Gasteiger partial charge in [0.15, 0.2) is 0 Å². The van der Waals surface area contributed by atoms with E-state index in [4.69, 9.17) is 0 Å². The third kappa shape index (κ3) is 1.58. The molecule has 0 nitrogen and oxygen atoms in total. The lowest BCUT2D eigenvalue weighted by Crippen LogP contribution is -2.17. The molecule has 0 spiro atoms. The number of halogens is 3. The molecule has 0 N–H and O–H groups in total. The van der Waals surface area contributed by atoms with Crippen molar-refractivity contribution in [3.63, 3.8) is 0 Å². The van der Waals surface area contributed by atoms with Gasteiger partial charge in [-0.15, -0.1) is 0 Å². The SMILES string of the molecule is Cc1cc(Br)cc(C2(C(F)F)CC2)c1. The van der Waals surface area contributed by atoms with Gasteiger partial charge in [0.1, 0.15) is 0 Å². The second kappa shape index (κ2) is 3.30. The van der Waals surface area contributed by atoms with E-state index in [0.717, 1.165) is 15.6 Å². The van der Waals surface area contributed by atoms with E-state index in [1.54, 1.807) is 0 Å². The van der Waals surface area contributed by atoms with Gasteiger partial charge in [0, 0.05) is 4.47 Å². The minimum Gasteiger partial charge on any atom is -0.210 e. The molecule has 0 amide bonds. The molecule has 0 saturated heterocycles. The maximum Gasteiger partial charge on any atom is 0.248 e. The summed E-state index contributed by atoms with van der Waals surface area (Å²) in [4.78, 5) is 0. The third-order valence-electron chi connectivity index (χ3n) is 2.82. The first-order valence-corrected chi connectivity index (χ1v) is 5.40. The molecule has 1 aromatic carbocycles. The summed E-state index contributed by atoms with van der Waals surface area (Å²) in [6.07, 6.45) is -1.02. The quantitative estimate of drug-likeness (QED) is 0.753. The van der Waals surface area contributed by atoms with Gasteiger partial charge >= 0.3 is 0 Å². The molecule has 14 heavy (non-hydrogen) atoms. The van der Waals surface area contributed by atoms with Crippen LogP contribution in [-0.4, -0.2) is 6.43 Å². The van der Waals surface area contributed by atoms with Crippen LogP contribution >= 0.6 is 15.9 Å². The molecule has 0 aliphatic heterocycles. The standard InChI is InChI=1S/C11H11BrF2/c1-7-4-8(6-9(12)5-7)11(2-3-11)10(13)14/h4-6,10H,2-3H2,1H3. The normalized spacial score (nSPS) is 18.6. The van der Waals surface area contributed by atoms with Crippen LogP contribution in [0.4, 0.5) is 8.78 Å². The van der Waals surface area contributed by atoms with Crippen molar-refractivity contribution >= 4 is 15.9 Å². The topological polar surface area (TPSA) is 0 Å². The molecule has 0 radical (unpaired) electrons. The second-order valence-corrected chi connectivity index (χ2v) is 4.89. The van der Waals surface area contributed by atoms with Crippen molar-refractivity contribution < 1.29 is 8.78 Å². The molecule has 0 atom stereocenters. The number of benzene rings is 1. The Labute approximate surface area is 90.4 Å². The maximum atomic E-state index is 12.8. The first-order chi connectivity index (χ1) is 6.54. The molecule has 2 rings (SSSR count). The molecule has 0 heterocycles. The van der Waals surface area contributed by atoms with Crippen LogP contribution in [-0.2, 0) is 5.41 Å². The van der Waals surface area contributed by atoms with Crippen molar-refractivity contribution in [1.82, 2.24) is 0 Å². The summed E-state index contributed by atoms with van der Waals surface area (Å²) >= 11 is 3.34. The minimum atomic E-state index is -2.24. The lowest BCUT2D eigenvalue weighted by molar-refractivity contribution is 0.102. The number of alkyl halides is 2. The van der Waals surface area contributed by atoms with E-state index in [0.29, 0.717) is 12.8 Å². The zero-order chi connectivity index (χ0) is 10.3. The highest BCUT2D eigenvalue weighted by Gasteiger charge is 2.52. The third-order valence-corrected chi connectivity index (χ3v) is 3.28. The Morgan fingerprint density at radius 3 is 2.36 bits per heavy atom. The van der Waals surface area contributed by atoms with Gasteiger partial charge < -0.3 is 0 Å². The summed E-state index contributed by atoms with van der Waals surface area (Å²) in [5.41, 5.74) is 0.967. The Balaban J connectivity index is 2.42. The van der Waals surface area contributed by atoms with Crippen LogP contribution in [0.25, 0.3) is 0 Å². The zero-order valence-corrected chi connectivity index (χ0v) is 9.44. The van der Waals surface area contributed by atoms with E-state index < -0.39 is 11.8 Å². The first-order valence-electron chi connectivity index (χ1n) is 4.60. The van der Waals surface area contributed by atoms with Crippen molar-refractivity contribution in [3.05, 3.63) is 33.8 Å². The molecule has 0 aromatic heterocycles. The number of rotatable bonds is 2.